The molecule has 0 unspecified atom stereocenters. The van der Waals surface area contributed by atoms with E-state index in [0.717, 1.165) is 47.5 Å². The van der Waals surface area contributed by atoms with Crippen LogP contribution in [0.5, 0.6) is 5.75 Å². The quantitative estimate of drug-likeness (QED) is 0.596. The molecule has 0 radical (unpaired) electrons. The zero-order valence-corrected chi connectivity index (χ0v) is 15.6. The Labute approximate surface area is 161 Å². The van der Waals surface area contributed by atoms with Crippen LogP contribution >= 0.6 is 0 Å². The minimum atomic E-state index is 0.0109. The van der Waals surface area contributed by atoms with E-state index in [0.29, 0.717) is 12.2 Å². The lowest BCUT2D eigenvalue weighted by atomic mass is 9.97. The SMILES string of the molecule is COc1cccc2[nH]c(C(=O)N3CCC[C@H](c4nnc5ccccn45)C3)cc12. The van der Waals surface area contributed by atoms with Gasteiger partial charge in [-0.1, -0.05) is 12.1 Å². The van der Waals surface area contributed by atoms with Crippen LogP contribution in [0.1, 0.15) is 35.1 Å². The first kappa shape index (κ1) is 16.8. The van der Waals surface area contributed by atoms with Gasteiger partial charge in [-0.15, -0.1) is 10.2 Å². The summed E-state index contributed by atoms with van der Waals surface area (Å²) in [5.74, 6) is 1.87. The van der Waals surface area contributed by atoms with Crippen molar-refractivity contribution >= 4 is 22.5 Å². The molecule has 1 amide bonds. The van der Waals surface area contributed by atoms with Crippen molar-refractivity contribution in [3.63, 3.8) is 0 Å². The molecule has 1 N–H and O–H groups in total. The maximum atomic E-state index is 13.2. The second kappa shape index (κ2) is 6.67. The van der Waals surface area contributed by atoms with Gasteiger partial charge in [0, 0.05) is 36.1 Å². The zero-order chi connectivity index (χ0) is 19.1. The summed E-state index contributed by atoms with van der Waals surface area (Å²) in [4.78, 5) is 18.3. The minimum Gasteiger partial charge on any atom is -0.496 e. The topological polar surface area (TPSA) is 75.5 Å². The third kappa shape index (κ3) is 2.70. The standard InChI is InChI=1S/C21H21N5O2/c1-28-18-8-4-7-16-15(18)12-17(22-16)21(27)25-10-5-6-14(13-25)20-24-23-19-9-2-3-11-26(19)20/h2-4,7-9,11-12,14,22H,5-6,10,13H2,1H3/t14-/m0/s1. The Hall–Kier alpha value is -3.35. The van der Waals surface area contributed by atoms with E-state index < -0.39 is 0 Å². The van der Waals surface area contributed by atoms with Gasteiger partial charge >= 0.3 is 0 Å². The normalized spacial score (nSPS) is 17.3. The van der Waals surface area contributed by atoms with E-state index in [9.17, 15) is 4.79 Å². The smallest absolute Gasteiger partial charge is 0.270 e. The van der Waals surface area contributed by atoms with Crippen LogP contribution in [0.2, 0.25) is 0 Å². The average molecular weight is 375 g/mol. The fourth-order valence-corrected chi connectivity index (χ4v) is 4.10. The molecule has 1 aromatic carbocycles. The van der Waals surface area contributed by atoms with Crippen LogP contribution in [0.3, 0.4) is 0 Å². The predicted molar refractivity (Wildman–Crippen MR) is 106 cm³/mol. The summed E-state index contributed by atoms with van der Waals surface area (Å²) in [6, 6.07) is 13.5. The molecule has 5 rings (SSSR count). The highest BCUT2D eigenvalue weighted by molar-refractivity contribution is 5.99. The van der Waals surface area contributed by atoms with E-state index in [1.807, 2.05) is 58.0 Å². The summed E-state index contributed by atoms with van der Waals surface area (Å²) < 4.78 is 7.43. The Morgan fingerprint density at radius 2 is 2.14 bits per heavy atom. The lowest BCUT2D eigenvalue weighted by molar-refractivity contribution is 0.0699. The van der Waals surface area contributed by atoms with Gasteiger partial charge in [-0.05, 0) is 43.2 Å². The summed E-state index contributed by atoms with van der Waals surface area (Å²) in [6.07, 6.45) is 3.93. The Balaban J connectivity index is 1.42. The van der Waals surface area contributed by atoms with Crippen LogP contribution in [0.15, 0.2) is 48.7 Å². The van der Waals surface area contributed by atoms with Crippen molar-refractivity contribution in [2.45, 2.75) is 18.8 Å². The van der Waals surface area contributed by atoms with E-state index >= 15 is 0 Å². The van der Waals surface area contributed by atoms with Crippen LogP contribution in [-0.4, -0.2) is 50.6 Å². The first-order chi connectivity index (χ1) is 13.7. The Morgan fingerprint density at radius 1 is 1.21 bits per heavy atom. The highest BCUT2D eigenvalue weighted by Crippen LogP contribution is 2.29. The number of methoxy groups -OCH3 is 1. The van der Waals surface area contributed by atoms with Gasteiger partial charge in [0.1, 0.15) is 17.3 Å². The van der Waals surface area contributed by atoms with Crippen molar-refractivity contribution in [3.05, 3.63) is 60.2 Å². The molecule has 3 aromatic heterocycles. The number of hydrogen-bond donors (Lipinski definition) is 1. The fourth-order valence-electron chi connectivity index (χ4n) is 4.10. The molecule has 7 nitrogen and oxygen atoms in total. The largest absolute Gasteiger partial charge is 0.496 e. The van der Waals surface area contributed by atoms with E-state index in [1.165, 1.54) is 0 Å². The number of aromatic amines is 1. The number of piperidine rings is 1. The number of benzene rings is 1. The summed E-state index contributed by atoms with van der Waals surface area (Å²) in [5.41, 5.74) is 2.33. The number of H-pyrrole nitrogens is 1. The number of nitrogens with zero attached hydrogens (tertiary/aromatic N) is 4. The van der Waals surface area contributed by atoms with Crippen LogP contribution in [0, 0.1) is 0 Å². The van der Waals surface area contributed by atoms with Gasteiger partial charge in [0.05, 0.1) is 7.11 Å². The number of amides is 1. The molecular formula is C21H21N5O2. The average Bonchev–Trinajstić information content (AvgIpc) is 3.37. The van der Waals surface area contributed by atoms with Crippen LogP contribution < -0.4 is 4.74 Å². The number of hydrogen-bond acceptors (Lipinski definition) is 4. The molecular weight excluding hydrogens is 354 g/mol. The Bertz CT molecular complexity index is 1160. The van der Waals surface area contributed by atoms with Crippen molar-refractivity contribution < 1.29 is 9.53 Å². The second-order valence-electron chi connectivity index (χ2n) is 7.18. The fraction of sp³-hybridized carbons (Fsp3) is 0.286. The highest BCUT2D eigenvalue weighted by Gasteiger charge is 2.29. The third-order valence-electron chi connectivity index (χ3n) is 5.49. The van der Waals surface area contributed by atoms with Crippen LogP contribution in [0.25, 0.3) is 16.6 Å². The molecule has 0 saturated carbocycles. The van der Waals surface area contributed by atoms with Gasteiger partial charge in [-0.2, -0.15) is 0 Å². The zero-order valence-electron chi connectivity index (χ0n) is 15.6. The summed E-state index contributed by atoms with van der Waals surface area (Å²) in [7, 11) is 1.64. The number of likely N-dealkylation sites (tertiary alicyclic amines) is 1. The van der Waals surface area contributed by atoms with Gasteiger partial charge in [-0.3, -0.25) is 9.20 Å². The first-order valence-electron chi connectivity index (χ1n) is 9.49. The maximum Gasteiger partial charge on any atom is 0.270 e. The number of carbonyl (C=O) groups excluding carboxylic acids is 1. The number of ether oxygens (including phenoxy) is 1. The van der Waals surface area contributed by atoms with Gasteiger partial charge in [0.25, 0.3) is 5.91 Å². The van der Waals surface area contributed by atoms with E-state index in [4.69, 9.17) is 4.74 Å². The first-order valence-corrected chi connectivity index (χ1v) is 9.49. The number of aromatic nitrogens is 4. The van der Waals surface area contributed by atoms with Gasteiger partial charge in [0.15, 0.2) is 5.65 Å². The number of rotatable bonds is 3. The van der Waals surface area contributed by atoms with E-state index in [-0.39, 0.29) is 11.8 Å². The minimum absolute atomic E-state index is 0.0109. The van der Waals surface area contributed by atoms with Crippen molar-refractivity contribution in [3.8, 4) is 5.75 Å². The van der Waals surface area contributed by atoms with E-state index in [1.54, 1.807) is 7.11 Å². The van der Waals surface area contributed by atoms with Crippen molar-refractivity contribution in [2.24, 2.45) is 0 Å². The predicted octanol–water partition coefficient (Wildman–Crippen LogP) is 3.24. The molecule has 1 aliphatic rings. The summed E-state index contributed by atoms with van der Waals surface area (Å²) >= 11 is 0. The van der Waals surface area contributed by atoms with Crippen LogP contribution in [0.4, 0.5) is 0 Å². The molecule has 0 spiro atoms. The van der Waals surface area contributed by atoms with Crippen molar-refractivity contribution in [2.75, 3.05) is 20.2 Å². The van der Waals surface area contributed by atoms with Crippen molar-refractivity contribution in [1.29, 1.82) is 0 Å². The lowest BCUT2D eigenvalue weighted by Gasteiger charge is -2.31. The third-order valence-corrected chi connectivity index (χ3v) is 5.49. The molecule has 1 saturated heterocycles. The molecule has 0 aliphatic carbocycles. The number of carbonyl (C=O) groups is 1. The number of nitrogens with one attached hydrogen (secondary N) is 1. The van der Waals surface area contributed by atoms with Gasteiger partial charge in [-0.25, -0.2) is 0 Å². The van der Waals surface area contributed by atoms with Crippen molar-refractivity contribution in [1.82, 2.24) is 24.5 Å². The Morgan fingerprint density at radius 3 is 3.04 bits per heavy atom. The molecule has 1 fully saturated rings. The van der Waals surface area contributed by atoms with E-state index in [2.05, 4.69) is 15.2 Å². The molecule has 142 valence electrons. The summed E-state index contributed by atoms with van der Waals surface area (Å²) in [6.45, 7) is 1.39. The van der Waals surface area contributed by atoms with Gasteiger partial charge in [0.2, 0.25) is 0 Å². The number of fused-ring (bicyclic) bond motifs is 2. The molecule has 7 heteroatoms. The summed E-state index contributed by atoms with van der Waals surface area (Å²) in [5, 5.41) is 9.57. The second-order valence-corrected chi connectivity index (χ2v) is 7.18. The molecule has 1 atom stereocenters. The van der Waals surface area contributed by atoms with Gasteiger partial charge < -0.3 is 14.6 Å². The molecule has 4 heterocycles. The number of pyridine rings is 1. The lowest BCUT2D eigenvalue weighted by Crippen LogP contribution is -2.39. The molecule has 28 heavy (non-hydrogen) atoms. The molecule has 4 aromatic rings. The monoisotopic (exact) mass is 375 g/mol. The van der Waals surface area contributed by atoms with Crippen LogP contribution in [-0.2, 0) is 0 Å². The molecule has 0 bridgehead atoms. The maximum absolute atomic E-state index is 13.2. The molecule has 1 aliphatic heterocycles. The Kier molecular flexibility index (Phi) is 4.00. The highest BCUT2D eigenvalue weighted by atomic mass is 16.5.